The van der Waals surface area contributed by atoms with Gasteiger partial charge in [-0.2, -0.15) is 13.2 Å². The molecule has 10 heteroatoms. The Kier molecular flexibility index (Phi) is 5.68. The Morgan fingerprint density at radius 1 is 1.07 bits per heavy atom. The molecule has 0 fully saturated rings. The Balaban J connectivity index is 1.72. The first kappa shape index (κ1) is 19.1. The highest BCUT2D eigenvalue weighted by Crippen LogP contribution is 2.25. The molecule has 0 atom stereocenters. The van der Waals surface area contributed by atoms with E-state index in [1.54, 1.807) is 12.1 Å². The number of carbonyl (C=O) groups excluding carboxylic acids is 1. The fourth-order valence-corrected chi connectivity index (χ4v) is 2.14. The number of anilines is 3. The van der Waals surface area contributed by atoms with E-state index in [1.165, 1.54) is 30.7 Å². The third-order valence-electron chi connectivity index (χ3n) is 3.34. The minimum absolute atomic E-state index is 0.00655. The third-order valence-corrected chi connectivity index (χ3v) is 3.34. The van der Waals surface area contributed by atoms with Crippen LogP contribution in [0.3, 0.4) is 0 Å². The minimum atomic E-state index is -4.50. The number of rotatable bonds is 6. The van der Waals surface area contributed by atoms with E-state index < -0.39 is 18.7 Å². The van der Waals surface area contributed by atoms with E-state index in [2.05, 4.69) is 25.6 Å². The van der Waals surface area contributed by atoms with Gasteiger partial charge in [0.15, 0.2) is 6.61 Å². The average Bonchev–Trinajstić information content (AvgIpc) is 2.68. The number of halogens is 3. The summed E-state index contributed by atoms with van der Waals surface area (Å²) < 4.78 is 41.8. The lowest BCUT2D eigenvalue weighted by molar-refractivity contribution is -0.153. The number of nitrogens with one attached hydrogen (secondary N) is 2. The number of amides is 1. The van der Waals surface area contributed by atoms with E-state index in [4.69, 9.17) is 4.74 Å². The molecule has 2 heterocycles. The first-order chi connectivity index (χ1) is 13.4. The molecule has 3 aromatic rings. The second-order valence-corrected chi connectivity index (χ2v) is 5.49. The number of alkyl halides is 3. The number of hydrogen-bond donors (Lipinski definition) is 2. The molecule has 0 spiro atoms. The summed E-state index contributed by atoms with van der Waals surface area (Å²) in [5, 5.41) is 5.39. The van der Waals surface area contributed by atoms with Crippen LogP contribution in [0.15, 0.2) is 61.1 Å². The maximum Gasteiger partial charge on any atom is 0.422 e. The SMILES string of the molecule is O=C(Nc1cnccc1OCC(F)(F)F)c1ccnc(Nc2ccccc2)n1. The Labute approximate surface area is 157 Å². The van der Waals surface area contributed by atoms with Crippen LogP contribution in [0.25, 0.3) is 0 Å². The first-order valence-electron chi connectivity index (χ1n) is 8.01. The van der Waals surface area contributed by atoms with Crippen LogP contribution in [0.4, 0.5) is 30.5 Å². The molecule has 28 heavy (non-hydrogen) atoms. The monoisotopic (exact) mass is 389 g/mol. The summed E-state index contributed by atoms with van der Waals surface area (Å²) in [6, 6.07) is 11.7. The van der Waals surface area contributed by atoms with E-state index >= 15 is 0 Å². The van der Waals surface area contributed by atoms with Crippen molar-refractivity contribution in [3.05, 3.63) is 66.7 Å². The molecule has 3 rings (SSSR count). The van der Waals surface area contributed by atoms with Gasteiger partial charge in [0.2, 0.25) is 5.95 Å². The van der Waals surface area contributed by atoms with Crippen LogP contribution in [0.2, 0.25) is 0 Å². The van der Waals surface area contributed by atoms with Gasteiger partial charge in [0.05, 0.1) is 6.20 Å². The maximum absolute atomic E-state index is 12.4. The summed E-state index contributed by atoms with van der Waals surface area (Å²) in [5.41, 5.74) is 0.738. The van der Waals surface area contributed by atoms with Crippen molar-refractivity contribution >= 4 is 23.2 Å². The molecule has 0 saturated heterocycles. The third kappa shape index (κ3) is 5.40. The molecule has 0 aliphatic heterocycles. The number of ether oxygens (including phenoxy) is 1. The van der Waals surface area contributed by atoms with Crippen molar-refractivity contribution in [2.24, 2.45) is 0 Å². The summed E-state index contributed by atoms with van der Waals surface area (Å²) >= 11 is 0. The van der Waals surface area contributed by atoms with E-state index in [-0.39, 0.29) is 23.1 Å². The first-order valence-corrected chi connectivity index (χ1v) is 8.01. The zero-order chi connectivity index (χ0) is 20.0. The van der Waals surface area contributed by atoms with Gasteiger partial charge in [-0.05, 0) is 18.2 Å². The van der Waals surface area contributed by atoms with E-state index in [0.717, 1.165) is 5.69 Å². The molecule has 0 unspecified atom stereocenters. The fraction of sp³-hybridized carbons (Fsp3) is 0.111. The Hall–Kier alpha value is -3.69. The summed E-state index contributed by atoms with van der Waals surface area (Å²) in [5.74, 6) is -0.612. The molecule has 0 saturated carbocycles. The van der Waals surface area contributed by atoms with E-state index in [1.807, 2.05) is 18.2 Å². The molecule has 0 aliphatic rings. The maximum atomic E-state index is 12.4. The largest absolute Gasteiger partial charge is 0.482 e. The smallest absolute Gasteiger partial charge is 0.422 e. The molecule has 2 N–H and O–H groups in total. The van der Waals surface area contributed by atoms with Gasteiger partial charge in [-0.3, -0.25) is 9.78 Å². The zero-order valence-corrected chi connectivity index (χ0v) is 14.3. The Morgan fingerprint density at radius 2 is 1.86 bits per heavy atom. The summed E-state index contributed by atoms with van der Waals surface area (Å²) in [7, 11) is 0. The second kappa shape index (κ2) is 8.33. The van der Waals surface area contributed by atoms with E-state index in [0.29, 0.717) is 0 Å². The summed E-state index contributed by atoms with van der Waals surface area (Å²) in [6.45, 7) is -1.49. The molecule has 0 aliphatic carbocycles. The van der Waals surface area contributed by atoms with Gasteiger partial charge in [-0.1, -0.05) is 18.2 Å². The molecule has 0 radical (unpaired) electrons. The number of para-hydroxylation sites is 1. The van der Waals surface area contributed by atoms with Crippen LogP contribution in [0.5, 0.6) is 5.75 Å². The molecule has 7 nitrogen and oxygen atoms in total. The van der Waals surface area contributed by atoms with E-state index in [9.17, 15) is 18.0 Å². The quantitative estimate of drug-likeness (QED) is 0.667. The van der Waals surface area contributed by atoms with Gasteiger partial charge in [-0.25, -0.2) is 9.97 Å². The van der Waals surface area contributed by atoms with Gasteiger partial charge in [0, 0.05) is 24.1 Å². The molecule has 2 aromatic heterocycles. The van der Waals surface area contributed by atoms with Gasteiger partial charge in [0.1, 0.15) is 17.1 Å². The van der Waals surface area contributed by atoms with Crippen LogP contribution >= 0.6 is 0 Å². The number of aromatic nitrogens is 3. The van der Waals surface area contributed by atoms with Gasteiger partial charge < -0.3 is 15.4 Å². The lowest BCUT2D eigenvalue weighted by Crippen LogP contribution is -2.21. The second-order valence-electron chi connectivity index (χ2n) is 5.49. The fourth-order valence-electron chi connectivity index (χ4n) is 2.14. The average molecular weight is 389 g/mol. The van der Waals surface area contributed by atoms with Crippen molar-refractivity contribution in [1.82, 2.24) is 15.0 Å². The topological polar surface area (TPSA) is 89.0 Å². The summed E-state index contributed by atoms with van der Waals surface area (Å²) in [4.78, 5) is 24.4. The molecule has 0 bridgehead atoms. The minimum Gasteiger partial charge on any atom is -0.482 e. The lowest BCUT2D eigenvalue weighted by atomic mass is 10.3. The van der Waals surface area contributed by atoms with Crippen LogP contribution in [-0.2, 0) is 0 Å². The predicted octanol–water partition coefficient (Wildman–Crippen LogP) is 3.81. The number of benzene rings is 1. The van der Waals surface area contributed by atoms with Crippen molar-refractivity contribution in [1.29, 1.82) is 0 Å². The molecular weight excluding hydrogens is 375 g/mol. The predicted molar refractivity (Wildman–Crippen MR) is 95.5 cm³/mol. The normalized spacial score (nSPS) is 11.0. The van der Waals surface area contributed by atoms with Crippen LogP contribution in [0.1, 0.15) is 10.5 Å². The van der Waals surface area contributed by atoms with Gasteiger partial charge >= 0.3 is 6.18 Å². The molecule has 1 amide bonds. The van der Waals surface area contributed by atoms with Crippen LogP contribution < -0.4 is 15.4 Å². The number of nitrogens with zero attached hydrogens (tertiary/aromatic N) is 3. The van der Waals surface area contributed by atoms with Crippen molar-refractivity contribution in [2.75, 3.05) is 17.2 Å². The van der Waals surface area contributed by atoms with Crippen LogP contribution in [-0.4, -0.2) is 33.6 Å². The highest BCUT2D eigenvalue weighted by Gasteiger charge is 2.29. The number of carbonyl (C=O) groups is 1. The Bertz CT molecular complexity index is 951. The van der Waals surface area contributed by atoms with Gasteiger partial charge in [-0.15, -0.1) is 0 Å². The van der Waals surface area contributed by atoms with Crippen molar-refractivity contribution < 1.29 is 22.7 Å². The molecular formula is C18H14F3N5O2. The number of pyridine rings is 1. The van der Waals surface area contributed by atoms with Crippen molar-refractivity contribution in [3.8, 4) is 5.75 Å². The van der Waals surface area contributed by atoms with Crippen LogP contribution in [0, 0.1) is 0 Å². The molecule has 1 aromatic carbocycles. The number of hydrogen-bond acceptors (Lipinski definition) is 6. The van der Waals surface area contributed by atoms with Crippen molar-refractivity contribution in [2.45, 2.75) is 6.18 Å². The highest BCUT2D eigenvalue weighted by atomic mass is 19.4. The highest BCUT2D eigenvalue weighted by molar-refractivity contribution is 6.03. The standard InChI is InChI=1S/C18H14F3N5O2/c19-18(20,21)11-28-15-7-8-22-10-14(15)25-16(27)13-6-9-23-17(26-13)24-12-4-2-1-3-5-12/h1-10H,11H2,(H,25,27)(H,23,24,26). The Morgan fingerprint density at radius 3 is 2.61 bits per heavy atom. The lowest BCUT2D eigenvalue weighted by Gasteiger charge is -2.13. The zero-order valence-electron chi connectivity index (χ0n) is 14.3. The summed E-state index contributed by atoms with van der Waals surface area (Å²) in [6.07, 6.45) is -0.672. The van der Waals surface area contributed by atoms with Crippen molar-refractivity contribution in [3.63, 3.8) is 0 Å². The van der Waals surface area contributed by atoms with Gasteiger partial charge in [0.25, 0.3) is 5.91 Å². The molecule has 144 valence electrons.